The van der Waals surface area contributed by atoms with Crippen LogP contribution in [0.15, 0.2) is 103 Å². The van der Waals surface area contributed by atoms with Gasteiger partial charge in [-0.15, -0.1) is 0 Å². The van der Waals surface area contributed by atoms with Gasteiger partial charge in [-0.25, -0.2) is 4.39 Å². The minimum absolute atomic E-state index is 0.0752. The van der Waals surface area contributed by atoms with Gasteiger partial charge in [0.2, 0.25) is 23.6 Å². The van der Waals surface area contributed by atoms with Crippen LogP contribution in [0.4, 0.5) is 15.8 Å². The lowest BCUT2D eigenvalue weighted by Crippen LogP contribution is -2.47. The largest absolute Gasteiger partial charge is 0.352 e. The average Bonchev–Trinajstić information content (AvgIpc) is 3.93. The van der Waals surface area contributed by atoms with Crippen molar-refractivity contribution < 1.29 is 23.6 Å². The number of H-pyrrole nitrogens is 1. The second kappa shape index (κ2) is 15.4. The summed E-state index contributed by atoms with van der Waals surface area (Å²) in [6, 6.07) is 29.2. The number of nitrogens with zero attached hydrogens (tertiary/aromatic N) is 3. The number of nitrogens with one attached hydrogen (secondary N) is 3. The molecule has 2 aliphatic heterocycles. The first-order valence-electron chi connectivity index (χ1n) is 18.1. The molecule has 2 aliphatic rings. The van der Waals surface area contributed by atoms with E-state index in [1.165, 1.54) is 0 Å². The standard InChI is InChI=1S/C42H43FN6O4/c1-47(2)39(29-13-7-4-8-14-29)42(53)49-24-10-16-35(49)41(52)45-31-21-22-33-32(26-31)37(43)38(46-33)28-17-19-30(20-18-28)44-40(51)34-15-9-23-48(34)36(50)25-27-11-5-3-6-12-27/h3-8,11-14,17-22,26,34-35,39,46H,9-10,15-16,23-25H2,1-2H3,(H,44,51)(H,45,52)/t34-,35-,39+/m0/s1. The van der Waals surface area contributed by atoms with E-state index in [0.717, 1.165) is 17.5 Å². The predicted octanol–water partition coefficient (Wildman–Crippen LogP) is 6.38. The van der Waals surface area contributed by atoms with Gasteiger partial charge in [0, 0.05) is 40.9 Å². The smallest absolute Gasteiger partial charge is 0.247 e. The number of hydrogen-bond donors (Lipinski definition) is 3. The molecule has 4 amide bonds. The number of likely N-dealkylation sites (tertiary alicyclic amines) is 2. The maximum absolute atomic E-state index is 15.9. The van der Waals surface area contributed by atoms with E-state index in [4.69, 9.17) is 0 Å². The Morgan fingerprint density at radius 3 is 2.02 bits per heavy atom. The number of fused-ring (bicyclic) bond motifs is 1. The van der Waals surface area contributed by atoms with Crippen LogP contribution in [-0.4, -0.2) is 82.6 Å². The van der Waals surface area contributed by atoms with Crippen molar-refractivity contribution in [3.05, 3.63) is 120 Å². The molecule has 3 heterocycles. The van der Waals surface area contributed by atoms with E-state index in [1.807, 2.05) is 79.7 Å². The highest BCUT2D eigenvalue weighted by atomic mass is 19.1. The molecule has 0 saturated carbocycles. The van der Waals surface area contributed by atoms with Crippen LogP contribution in [0.2, 0.25) is 0 Å². The zero-order chi connectivity index (χ0) is 37.1. The maximum atomic E-state index is 15.9. The van der Waals surface area contributed by atoms with Crippen molar-refractivity contribution in [2.45, 2.75) is 50.2 Å². The number of likely N-dealkylation sites (N-methyl/N-ethyl adjacent to an activating group) is 1. The van der Waals surface area contributed by atoms with Crippen LogP contribution in [0.3, 0.4) is 0 Å². The molecule has 1 aromatic heterocycles. The Balaban J connectivity index is 1.01. The van der Waals surface area contributed by atoms with Crippen molar-refractivity contribution >= 4 is 45.9 Å². The molecule has 53 heavy (non-hydrogen) atoms. The topological polar surface area (TPSA) is 118 Å². The van der Waals surface area contributed by atoms with Crippen molar-refractivity contribution in [3.63, 3.8) is 0 Å². The molecule has 10 nitrogen and oxygen atoms in total. The van der Waals surface area contributed by atoms with Crippen LogP contribution in [-0.2, 0) is 25.6 Å². The second-order valence-electron chi connectivity index (χ2n) is 14.0. The van der Waals surface area contributed by atoms with Gasteiger partial charge in [-0.05, 0) is 81.2 Å². The van der Waals surface area contributed by atoms with Crippen LogP contribution < -0.4 is 10.6 Å². The maximum Gasteiger partial charge on any atom is 0.247 e. The third kappa shape index (κ3) is 7.57. The summed E-state index contributed by atoms with van der Waals surface area (Å²) in [6.07, 6.45) is 2.85. The lowest BCUT2D eigenvalue weighted by atomic mass is 10.0. The van der Waals surface area contributed by atoms with Crippen molar-refractivity contribution in [1.29, 1.82) is 0 Å². The zero-order valence-electron chi connectivity index (χ0n) is 29.8. The number of carbonyl (C=O) groups excluding carboxylic acids is 4. The number of aromatic amines is 1. The van der Waals surface area contributed by atoms with E-state index >= 15 is 4.39 Å². The molecule has 4 aromatic carbocycles. The van der Waals surface area contributed by atoms with Gasteiger partial charge in [0.15, 0.2) is 5.82 Å². The molecule has 0 bridgehead atoms. The first-order chi connectivity index (χ1) is 25.7. The fourth-order valence-corrected chi connectivity index (χ4v) is 7.57. The van der Waals surface area contributed by atoms with E-state index in [9.17, 15) is 19.2 Å². The Labute approximate surface area is 308 Å². The van der Waals surface area contributed by atoms with Gasteiger partial charge >= 0.3 is 0 Å². The summed E-state index contributed by atoms with van der Waals surface area (Å²) >= 11 is 0. The number of amides is 4. The summed E-state index contributed by atoms with van der Waals surface area (Å²) in [5.74, 6) is -1.23. The van der Waals surface area contributed by atoms with Crippen LogP contribution in [0, 0.1) is 5.82 Å². The third-order valence-corrected chi connectivity index (χ3v) is 10.2. The minimum atomic E-state index is -0.637. The van der Waals surface area contributed by atoms with Crippen molar-refractivity contribution in [3.8, 4) is 11.3 Å². The van der Waals surface area contributed by atoms with Gasteiger partial charge in [-0.3, -0.25) is 24.1 Å². The quantitative estimate of drug-likeness (QED) is 0.155. The third-order valence-electron chi connectivity index (χ3n) is 10.2. The molecular formula is C42H43FN6O4. The zero-order valence-corrected chi connectivity index (χ0v) is 29.8. The molecule has 5 aromatic rings. The summed E-state index contributed by atoms with van der Waals surface area (Å²) in [5, 5.41) is 6.16. The SMILES string of the molecule is CN(C)[C@@H](C(=O)N1CCC[C@H]1C(=O)Nc1ccc2[nH]c(-c3ccc(NC(=O)[C@@H]4CCCN4C(=O)Cc4ccccc4)cc3)c(F)c2c1)c1ccccc1. The number of anilines is 2. The minimum Gasteiger partial charge on any atom is -0.352 e. The van der Waals surface area contributed by atoms with E-state index in [2.05, 4.69) is 15.6 Å². The van der Waals surface area contributed by atoms with E-state index < -0.39 is 23.9 Å². The van der Waals surface area contributed by atoms with Crippen LogP contribution in [0.1, 0.15) is 42.9 Å². The molecule has 2 saturated heterocycles. The van der Waals surface area contributed by atoms with Crippen LogP contribution in [0.5, 0.6) is 0 Å². The highest BCUT2D eigenvalue weighted by Crippen LogP contribution is 2.33. The van der Waals surface area contributed by atoms with Crippen molar-refractivity contribution in [1.82, 2.24) is 19.7 Å². The number of halogens is 1. The fourth-order valence-electron chi connectivity index (χ4n) is 7.57. The number of hydrogen-bond acceptors (Lipinski definition) is 5. The van der Waals surface area contributed by atoms with Crippen LogP contribution >= 0.6 is 0 Å². The molecule has 3 atom stereocenters. The highest BCUT2D eigenvalue weighted by molar-refractivity contribution is 6.01. The van der Waals surface area contributed by atoms with Gasteiger partial charge < -0.3 is 25.4 Å². The predicted molar refractivity (Wildman–Crippen MR) is 203 cm³/mol. The summed E-state index contributed by atoms with van der Waals surface area (Å²) in [4.78, 5) is 61.9. The summed E-state index contributed by atoms with van der Waals surface area (Å²) in [6.45, 7) is 1.03. The van der Waals surface area contributed by atoms with Crippen molar-refractivity contribution in [2.75, 3.05) is 37.8 Å². The van der Waals surface area contributed by atoms with Crippen molar-refractivity contribution in [2.24, 2.45) is 0 Å². The Morgan fingerprint density at radius 2 is 1.36 bits per heavy atom. The number of benzene rings is 4. The molecule has 11 heteroatoms. The Morgan fingerprint density at radius 1 is 0.774 bits per heavy atom. The van der Waals surface area contributed by atoms with E-state index in [0.29, 0.717) is 60.2 Å². The first-order valence-corrected chi connectivity index (χ1v) is 18.1. The molecule has 0 radical (unpaired) electrons. The number of aromatic nitrogens is 1. The van der Waals surface area contributed by atoms with Gasteiger partial charge in [-0.1, -0.05) is 72.8 Å². The van der Waals surface area contributed by atoms with Crippen LogP contribution in [0.25, 0.3) is 22.2 Å². The molecule has 0 spiro atoms. The molecular weight excluding hydrogens is 671 g/mol. The van der Waals surface area contributed by atoms with Gasteiger partial charge in [0.25, 0.3) is 0 Å². The lowest BCUT2D eigenvalue weighted by molar-refractivity contribution is -0.140. The molecule has 3 N–H and O–H groups in total. The number of rotatable bonds is 10. The molecule has 272 valence electrons. The van der Waals surface area contributed by atoms with E-state index in [1.54, 1.807) is 52.3 Å². The van der Waals surface area contributed by atoms with Gasteiger partial charge in [-0.2, -0.15) is 0 Å². The number of carbonyl (C=O) groups is 4. The Hall–Kier alpha value is -5.81. The lowest BCUT2D eigenvalue weighted by Gasteiger charge is -2.31. The molecule has 0 unspecified atom stereocenters. The summed E-state index contributed by atoms with van der Waals surface area (Å²) in [7, 11) is 3.70. The average molecular weight is 715 g/mol. The molecule has 7 rings (SSSR count). The Bertz CT molecular complexity index is 2120. The second-order valence-corrected chi connectivity index (χ2v) is 14.0. The normalized spacial score (nSPS) is 17.7. The fraction of sp³-hybridized carbons (Fsp3) is 0.286. The molecule has 2 fully saturated rings. The van der Waals surface area contributed by atoms with Gasteiger partial charge in [0.1, 0.15) is 18.1 Å². The summed E-state index contributed by atoms with van der Waals surface area (Å²) in [5.41, 5.74) is 4.16. The van der Waals surface area contributed by atoms with Gasteiger partial charge in [0.05, 0.1) is 12.1 Å². The summed E-state index contributed by atoms with van der Waals surface area (Å²) < 4.78 is 15.9. The monoisotopic (exact) mass is 714 g/mol. The first kappa shape index (κ1) is 35.6. The molecule has 0 aliphatic carbocycles. The highest BCUT2D eigenvalue weighted by Gasteiger charge is 2.38. The Kier molecular flexibility index (Phi) is 10.4. The van der Waals surface area contributed by atoms with E-state index in [-0.39, 0.29) is 35.7 Å².